The number of hydrogen-bond donors (Lipinski definition) is 5. The van der Waals surface area contributed by atoms with Gasteiger partial charge in [0.05, 0.1) is 121 Å². The first-order valence-electron chi connectivity index (χ1n) is 39.5. The molecular weight excluding hydrogens is 1900 g/mol. The molecule has 4 aliphatic heterocycles. The summed E-state index contributed by atoms with van der Waals surface area (Å²) in [5.41, 5.74) is -4.85. The number of amides is 2. The van der Waals surface area contributed by atoms with Crippen molar-refractivity contribution < 1.29 is 136 Å². The predicted octanol–water partition coefficient (Wildman–Crippen LogP) is 11.9. The number of aryl methyl sites for hydroxylation is 2. The number of aromatic carboxylic acids is 1. The third-order valence-corrected chi connectivity index (χ3v) is 23.0. The minimum Gasteiger partial charge on any atom is -0.870 e. The van der Waals surface area contributed by atoms with Crippen molar-refractivity contribution in [1.29, 1.82) is 0 Å². The maximum Gasteiger partial charge on any atom is 1.00 e. The van der Waals surface area contributed by atoms with E-state index in [1.165, 1.54) is 129 Å². The zero-order chi connectivity index (χ0) is 94.7. The summed E-state index contributed by atoms with van der Waals surface area (Å²) in [6.45, 7) is 17.9. The average Bonchev–Trinajstić information content (AvgIpc) is 1.21. The molecule has 0 spiro atoms. The maximum atomic E-state index is 15.3. The normalized spacial score (nSPS) is 16.5. The number of halogens is 15. The number of morpholine rings is 4. The molecule has 10 aromatic rings. The van der Waals surface area contributed by atoms with Gasteiger partial charge in [0.2, 0.25) is 0 Å². The Kier molecular flexibility index (Phi) is 38.7. The predicted molar refractivity (Wildman–Crippen MR) is 472 cm³/mol. The molecule has 708 valence electrons. The summed E-state index contributed by atoms with van der Waals surface area (Å²) in [5.74, 6) is -9.87. The van der Waals surface area contributed by atoms with Crippen LogP contribution in [-0.4, -0.2) is 209 Å². The van der Waals surface area contributed by atoms with Gasteiger partial charge in [0.1, 0.15) is 57.8 Å². The molecule has 132 heavy (non-hydrogen) atoms. The Morgan fingerprint density at radius 1 is 0.545 bits per heavy atom. The zero-order valence-electron chi connectivity index (χ0n) is 72.0. The number of fused-ring (bicyclic) bond motifs is 2. The minimum atomic E-state index is -4.84. The van der Waals surface area contributed by atoms with Gasteiger partial charge in [-0.25, -0.2) is 46.7 Å². The number of anilines is 3. The van der Waals surface area contributed by atoms with Crippen LogP contribution in [0.15, 0.2) is 124 Å². The number of esters is 2. The number of carbonyl (C=O) groups is 6. The molecule has 0 saturated carbocycles. The Bertz CT molecular complexity index is 5920. The van der Waals surface area contributed by atoms with Crippen LogP contribution < -0.4 is 60.6 Å². The van der Waals surface area contributed by atoms with Gasteiger partial charge in [-0.15, -0.1) is 0 Å². The molecule has 4 aromatic carbocycles. The molecule has 4 saturated heterocycles. The molecule has 4 aliphatic rings. The molecule has 6 N–H and O–H groups in total. The summed E-state index contributed by atoms with van der Waals surface area (Å²) in [5, 5.41) is 26.3. The van der Waals surface area contributed by atoms with Crippen LogP contribution in [0.4, 0.5) is 61.0 Å². The number of methoxy groups -OCH3 is 2. The van der Waals surface area contributed by atoms with E-state index in [0.717, 1.165) is 60.3 Å². The number of aromatic nitrogens is 6. The fraction of sp³-hybridized carbons (Fsp3) is 0.379. The van der Waals surface area contributed by atoms with Crippen LogP contribution in [0.3, 0.4) is 0 Å². The SMILES string of the molecule is C.COC(=O)[C@H](Cc1ccc(-c2c(C(F)(F)F)cc(C)n(C)c2=O)c2nccn12)NC(=O)c1c(F)cc(N2CCOC[C@@H]2C)cc1Cl.COC(=O)c1c(F)cc(Br)cc1Cl.C[C@H]1COCCN1.C[C@H]1COCCN1c1cc(F)c(C(=O)O)c(Cl)c1.Cc1cc(C(F)(F)F)c(-c2ccc(C[C@H](NC(=O)c3c(F)cc(N4CCOC[C@@H]4C)cc3Cl)C(=O)O)n3ccnc23)c(=O)n1C.[Li+].[OH-]. The zero-order valence-corrected chi connectivity index (χ0v) is 76.6. The second kappa shape index (κ2) is 47.0. The second-order valence-electron chi connectivity index (χ2n) is 30.1. The third-order valence-electron chi connectivity index (χ3n) is 21.3. The number of rotatable bonds is 17. The van der Waals surface area contributed by atoms with E-state index in [1.807, 2.05) is 35.5 Å². The molecule has 45 heteroatoms. The van der Waals surface area contributed by atoms with E-state index >= 15 is 8.78 Å². The molecule has 0 aliphatic carbocycles. The number of nitrogens with zero attached hydrogens (tertiary/aromatic N) is 9. The van der Waals surface area contributed by atoms with Crippen LogP contribution in [0.5, 0.6) is 0 Å². The smallest absolute Gasteiger partial charge is 0.870 e. The van der Waals surface area contributed by atoms with Crippen LogP contribution in [0.25, 0.3) is 33.5 Å². The number of imidazole rings is 2. The van der Waals surface area contributed by atoms with Gasteiger partial charge in [-0.2, -0.15) is 26.3 Å². The number of carboxylic acid groups (broad SMARTS) is 2. The molecule has 2 amide bonds. The number of carbonyl (C=O) groups excluding carboxylic acids is 4. The number of benzene rings is 4. The van der Waals surface area contributed by atoms with E-state index in [4.69, 9.17) is 75.2 Å². The van der Waals surface area contributed by atoms with Gasteiger partial charge in [-0.1, -0.05) is 69.8 Å². The van der Waals surface area contributed by atoms with Gasteiger partial charge < -0.3 is 92.7 Å². The molecule has 14 rings (SSSR count). The van der Waals surface area contributed by atoms with Crippen molar-refractivity contribution in [3.63, 3.8) is 0 Å². The summed E-state index contributed by atoms with van der Waals surface area (Å²) in [7, 11) is 4.99. The Morgan fingerprint density at radius 3 is 1.24 bits per heavy atom. The van der Waals surface area contributed by atoms with E-state index in [0.29, 0.717) is 92.5 Å². The Labute approximate surface area is 790 Å². The van der Waals surface area contributed by atoms with Gasteiger partial charge in [0, 0.05) is 158 Å². The van der Waals surface area contributed by atoms with Crippen molar-refractivity contribution in [3.8, 4) is 22.3 Å². The number of ether oxygens (including phenoxy) is 6. The van der Waals surface area contributed by atoms with Gasteiger partial charge in [-0.3, -0.25) is 19.2 Å². The Balaban J connectivity index is 0.000000255. The fourth-order valence-corrected chi connectivity index (χ4v) is 16.3. The van der Waals surface area contributed by atoms with Gasteiger partial charge in [0.25, 0.3) is 22.9 Å². The van der Waals surface area contributed by atoms with Crippen LogP contribution in [0, 0.1) is 37.1 Å². The van der Waals surface area contributed by atoms with Crippen LogP contribution >= 0.6 is 62.3 Å². The van der Waals surface area contributed by atoms with Gasteiger partial charge in [0.15, 0.2) is 0 Å². The Morgan fingerprint density at radius 2 is 0.917 bits per heavy atom. The summed E-state index contributed by atoms with van der Waals surface area (Å²) >= 11 is 27.2. The van der Waals surface area contributed by atoms with E-state index in [2.05, 4.69) is 53.5 Å². The van der Waals surface area contributed by atoms with Crippen molar-refractivity contribution in [2.75, 3.05) is 108 Å². The number of alkyl halides is 6. The number of hydrogen-bond acceptors (Lipinski definition) is 21. The standard InChI is InChI=1S/C31H30ClF4N5O5.C30H28ClF4N5O5.C12H13ClFNO3.C8H5BrClFO2.C5H11NO.CH4.Li.H2O/c1-16-11-21(31(34,35)36)25(29(43)39(16)3)20-6-5-18(41-8-7-37-27(20)41)14-24(30(44)45-4)38-28(42)26-22(32)12-19(13-23(26)33)40-9-10-46-15-17(40)2;1-15-10-20(30(33,34)35)24(28(42)38(15)3)19-5-4-17(40-7-6-36-26(19)40)13-23(29(43)44)37-27(41)25-21(31)11-18(12-22(25)32)39-8-9-45-14-16(39)2;1-7-6-18-3-2-15(7)8-4-9(13)11(12(16)17)10(14)5-8;1-13-8(12)7-5(10)2-4(9)3-6(7)11;1-5-4-7-3-2-6-5;;;/h5-8,11-13,17,24H,9-10,14-15H2,1-4H3,(H,38,42);4-7,10-12,16,23H,8-9,13-14H2,1-3H3,(H,37,41)(H,43,44);4-5,7H,2-3,6H2,1H3,(H,16,17);2-3H,1H3;5-6H,2-4H2,1H3;1H4;;1H2/q;;;;;;+1;/p-1/t17-,24-;16-,23-;7-;;5-;;;/m000.0.../s1. The first-order chi connectivity index (χ1) is 60.9. The average molecular weight is 2000 g/mol. The molecular formula is C87H92BrCl4F10LiN12O17. The van der Waals surface area contributed by atoms with E-state index in [1.54, 1.807) is 0 Å². The van der Waals surface area contributed by atoms with Crippen LogP contribution in [-0.2, 0) is 77.3 Å². The minimum absolute atomic E-state index is 0. The number of pyridine rings is 4. The van der Waals surface area contributed by atoms with Gasteiger partial charge in [-0.05, 0) is 126 Å². The van der Waals surface area contributed by atoms with E-state index in [9.17, 15) is 78.6 Å². The van der Waals surface area contributed by atoms with Crippen LogP contribution in [0.1, 0.15) is 110 Å². The number of carboxylic acids is 2. The maximum absolute atomic E-state index is 15.3. The number of nitrogens with one attached hydrogen (secondary N) is 3. The summed E-state index contributed by atoms with van der Waals surface area (Å²) in [6, 6.07) is 15.2. The summed E-state index contributed by atoms with van der Waals surface area (Å²) < 4.78 is 178. The van der Waals surface area contributed by atoms with Gasteiger partial charge >= 0.3 is 55.1 Å². The quantitative estimate of drug-likeness (QED) is 0.0321. The van der Waals surface area contributed by atoms with Crippen molar-refractivity contribution in [2.45, 2.75) is 110 Å². The largest absolute Gasteiger partial charge is 1.00 e. The molecule has 0 unspecified atom stereocenters. The molecule has 0 radical (unpaired) electrons. The number of aliphatic carboxylic acids is 1. The first-order valence-corrected chi connectivity index (χ1v) is 41.8. The molecule has 0 bridgehead atoms. The topological polar surface area (TPSA) is 353 Å². The fourth-order valence-electron chi connectivity index (χ4n) is 14.6. The molecule has 29 nitrogen and oxygen atoms in total. The summed E-state index contributed by atoms with van der Waals surface area (Å²) in [6.07, 6.45) is -4.82. The second-order valence-corrected chi connectivity index (χ2v) is 32.6. The van der Waals surface area contributed by atoms with Crippen molar-refractivity contribution in [2.24, 2.45) is 14.1 Å². The van der Waals surface area contributed by atoms with Crippen molar-refractivity contribution in [1.82, 2.24) is 43.9 Å². The Hall–Kier alpha value is -10.3. The van der Waals surface area contributed by atoms with Crippen molar-refractivity contribution in [3.05, 3.63) is 234 Å². The molecule has 10 heterocycles. The third kappa shape index (κ3) is 25.6. The molecule has 6 aromatic heterocycles. The molecule has 4 fully saturated rings. The summed E-state index contributed by atoms with van der Waals surface area (Å²) in [4.78, 5) is 114. The first kappa shape index (κ1) is 109. The van der Waals surface area contributed by atoms with Crippen molar-refractivity contribution >= 4 is 126 Å². The monoisotopic (exact) mass is 1990 g/mol. The van der Waals surface area contributed by atoms with E-state index in [-0.39, 0.29) is 128 Å². The molecule has 6 atom stereocenters. The van der Waals surface area contributed by atoms with E-state index < -0.39 is 133 Å². The van der Waals surface area contributed by atoms with Crippen LogP contribution in [0.2, 0.25) is 20.1 Å².